The third-order valence-corrected chi connectivity index (χ3v) is 3.58. The van der Waals surface area contributed by atoms with Crippen LogP contribution in [0.4, 0.5) is 0 Å². The van der Waals surface area contributed by atoms with Crippen molar-refractivity contribution in [1.82, 2.24) is 5.43 Å². The van der Waals surface area contributed by atoms with Crippen molar-refractivity contribution in [2.75, 3.05) is 0 Å². The molecule has 1 amide bonds. The molecule has 3 nitrogen and oxygen atoms in total. The quantitative estimate of drug-likeness (QED) is 0.679. The van der Waals surface area contributed by atoms with Crippen molar-refractivity contribution in [3.8, 4) is 0 Å². The predicted octanol–water partition coefficient (Wildman–Crippen LogP) is 3.65. The monoisotopic (exact) mass is 300 g/mol. The number of hydrazone groups is 1. The minimum atomic E-state index is -0.151. The first-order chi connectivity index (χ1) is 10.1. The minimum Gasteiger partial charge on any atom is -0.273 e. The Morgan fingerprint density at radius 3 is 2.67 bits per heavy atom. The first kappa shape index (κ1) is 15.3. The molecule has 0 heterocycles. The highest BCUT2D eigenvalue weighted by molar-refractivity contribution is 6.33. The Bertz CT molecular complexity index is 680. The average Bonchev–Trinajstić information content (AvgIpc) is 2.45. The van der Waals surface area contributed by atoms with Crippen molar-refractivity contribution in [2.45, 2.75) is 20.3 Å². The fourth-order valence-electron chi connectivity index (χ4n) is 1.89. The summed E-state index contributed by atoms with van der Waals surface area (Å²) in [4.78, 5) is 11.8. The molecule has 0 bridgehead atoms. The maximum absolute atomic E-state index is 11.8. The van der Waals surface area contributed by atoms with Gasteiger partial charge in [-0.05, 0) is 36.6 Å². The molecule has 21 heavy (non-hydrogen) atoms. The number of nitrogens with zero attached hydrogens (tertiary/aromatic N) is 1. The Morgan fingerprint density at radius 1 is 1.19 bits per heavy atom. The van der Waals surface area contributed by atoms with E-state index in [4.69, 9.17) is 11.6 Å². The third-order valence-electron chi connectivity index (χ3n) is 3.23. The van der Waals surface area contributed by atoms with Gasteiger partial charge in [-0.15, -0.1) is 0 Å². The van der Waals surface area contributed by atoms with Crippen LogP contribution in [0, 0.1) is 13.8 Å². The largest absolute Gasteiger partial charge is 0.273 e. The van der Waals surface area contributed by atoms with Gasteiger partial charge in [0.1, 0.15) is 0 Å². The summed E-state index contributed by atoms with van der Waals surface area (Å²) in [6.45, 7) is 4.08. The van der Waals surface area contributed by atoms with E-state index in [2.05, 4.69) is 10.5 Å². The van der Waals surface area contributed by atoms with E-state index in [-0.39, 0.29) is 5.91 Å². The molecule has 1 N–H and O–H groups in total. The number of benzene rings is 2. The number of aryl methyl sites for hydroxylation is 2. The number of nitrogens with one attached hydrogen (secondary N) is 1. The Kier molecular flexibility index (Phi) is 5.12. The van der Waals surface area contributed by atoms with E-state index in [9.17, 15) is 4.79 Å². The molecule has 4 heteroatoms. The van der Waals surface area contributed by atoms with E-state index in [0.29, 0.717) is 11.4 Å². The average molecular weight is 301 g/mol. The molecule has 0 saturated heterocycles. The van der Waals surface area contributed by atoms with Gasteiger partial charge in [-0.2, -0.15) is 5.10 Å². The highest BCUT2D eigenvalue weighted by Gasteiger charge is 2.03. The number of hydrogen-bond acceptors (Lipinski definition) is 2. The van der Waals surface area contributed by atoms with Crippen LogP contribution in [0.3, 0.4) is 0 Å². The van der Waals surface area contributed by atoms with Gasteiger partial charge in [0.25, 0.3) is 0 Å². The lowest BCUT2D eigenvalue weighted by atomic mass is 10.0. The van der Waals surface area contributed by atoms with Crippen LogP contribution in [-0.2, 0) is 11.2 Å². The normalized spacial score (nSPS) is 10.8. The number of hydrogen-bond donors (Lipinski definition) is 1. The highest BCUT2D eigenvalue weighted by Crippen LogP contribution is 2.12. The topological polar surface area (TPSA) is 41.5 Å². The molecule has 0 aliphatic carbocycles. The van der Waals surface area contributed by atoms with Crippen LogP contribution in [0.15, 0.2) is 47.6 Å². The first-order valence-electron chi connectivity index (χ1n) is 6.69. The van der Waals surface area contributed by atoms with Gasteiger partial charge in [0.05, 0.1) is 12.6 Å². The molecule has 108 valence electrons. The molecular formula is C17H17ClN2O. The predicted molar refractivity (Wildman–Crippen MR) is 86.8 cm³/mol. The molecular weight excluding hydrogens is 284 g/mol. The molecule has 0 spiro atoms. The Labute approximate surface area is 129 Å². The van der Waals surface area contributed by atoms with Gasteiger partial charge in [0.2, 0.25) is 5.91 Å². The molecule has 2 aromatic rings. The van der Waals surface area contributed by atoms with Crippen LogP contribution >= 0.6 is 11.6 Å². The summed E-state index contributed by atoms with van der Waals surface area (Å²) >= 11 is 6.00. The van der Waals surface area contributed by atoms with Crippen LogP contribution in [0.5, 0.6) is 0 Å². The minimum absolute atomic E-state index is 0.151. The van der Waals surface area contributed by atoms with E-state index < -0.39 is 0 Å². The highest BCUT2D eigenvalue weighted by atomic mass is 35.5. The van der Waals surface area contributed by atoms with E-state index in [1.807, 2.05) is 50.2 Å². The number of amides is 1. The van der Waals surface area contributed by atoms with Crippen molar-refractivity contribution in [3.05, 3.63) is 69.7 Å². The summed E-state index contributed by atoms with van der Waals surface area (Å²) in [7, 11) is 0. The fraction of sp³-hybridized carbons (Fsp3) is 0.176. The second-order valence-corrected chi connectivity index (χ2v) is 5.32. The van der Waals surface area contributed by atoms with Crippen molar-refractivity contribution < 1.29 is 4.79 Å². The summed E-state index contributed by atoms with van der Waals surface area (Å²) in [5.74, 6) is -0.151. The van der Waals surface area contributed by atoms with Crippen molar-refractivity contribution >= 4 is 23.7 Å². The lowest BCUT2D eigenvalue weighted by molar-refractivity contribution is -0.120. The van der Waals surface area contributed by atoms with Crippen LogP contribution in [0.2, 0.25) is 5.02 Å². The van der Waals surface area contributed by atoms with Crippen LogP contribution in [0.25, 0.3) is 0 Å². The zero-order valence-corrected chi connectivity index (χ0v) is 12.8. The van der Waals surface area contributed by atoms with E-state index >= 15 is 0 Å². The van der Waals surface area contributed by atoms with Crippen LogP contribution in [-0.4, -0.2) is 12.1 Å². The number of carbonyl (C=O) groups excluding carboxylic acids is 1. The zero-order valence-electron chi connectivity index (χ0n) is 12.1. The summed E-state index contributed by atoms with van der Waals surface area (Å²) in [5, 5.41) is 4.53. The molecule has 0 aliphatic heterocycles. The number of halogens is 1. The lowest BCUT2D eigenvalue weighted by Gasteiger charge is -2.04. The van der Waals surface area contributed by atoms with Gasteiger partial charge >= 0.3 is 0 Å². The fourth-order valence-corrected chi connectivity index (χ4v) is 2.08. The SMILES string of the molecule is Cc1ccc(CC(=O)N/N=C\c2ccccc2Cl)cc1C. The second kappa shape index (κ2) is 7.04. The first-order valence-corrected chi connectivity index (χ1v) is 7.06. The molecule has 0 unspecified atom stereocenters. The maximum atomic E-state index is 11.8. The Balaban J connectivity index is 1.93. The standard InChI is InChI=1S/C17H17ClN2O/c1-12-7-8-14(9-13(12)2)10-17(21)20-19-11-15-5-3-4-6-16(15)18/h3-9,11H,10H2,1-2H3,(H,20,21)/b19-11-. The van der Waals surface area contributed by atoms with Gasteiger partial charge in [0, 0.05) is 10.6 Å². The molecule has 2 aromatic carbocycles. The molecule has 0 fully saturated rings. The molecule has 0 radical (unpaired) electrons. The van der Waals surface area contributed by atoms with Gasteiger partial charge in [-0.3, -0.25) is 4.79 Å². The van der Waals surface area contributed by atoms with Crippen molar-refractivity contribution in [2.24, 2.45) is 5.10 Å². The number of carbonyl (C=O) groups is 1. The van der Waals surface area contributed by atoms with Crippen LogP contribution in [0.1, 0.15) is 22.3 Å². The molecule has 0 aromatic heterocycles. The second-order valence-electron chi connectivity index (χ2n) is 4.91. The Hall–Kier alpha value is -2.13. The maximum Gasteiger partial charge on any atom is 0.244 e. The van der Waals surface area contributed by atoms with Gasteiger partial charge in [0.15, 0.2) is 0 Å². The van der Waals surface area contributed by atoms with Gasteiger partial charge < -0.3 is 0 Å². The van der Waals surface area contributed by atoms with E-state index in [1.54, 1.807) is 12.3 Å². The summed E-state index contributed by atoms with van der Waals surface area (Å²) in [6, 6.07) is 13.3. The molecule has 0 aliphatic rings. The van der Waals surface area contributed by atoms with Crippen molar-refractivity contribution in [1.29, 1.82) is 0 Å². The van der Waals surface area contributed by atoms with Crippen LogP contribution < -0.4 is 5.43 Å². The summed E-state index contributed by atoms with van der Waals surface area (Å²) in [5.41, 5.74) is 6.66. The molecule has 0 atom stereocenters. The number of rotatable bonds is 4. The van der Waals surface area contributed by atoms with E-state index in [1.165, 1.54) is 11.1 Å². The van der Waals surface area contributed by atoms with Crippen molar-refractivity contribution in [3.63, 3.8) is 0 Å². The smallest absolute Gasteiger partial charge is 0.244 e. The van der Waals surface area contributed by atoms with Gasteiger partial charge in [-0.1, -0.05) is 48.0 Å². The molecule has 0 saturated carbocycles. The van der Waals surface area contributed by atoms with Gasteiger partial charge in [-0.25, -0.2) is 5.43 Å². The Morgan fingerprint density at radius 2 is 1.95 bits per heavy atom. The zero-order chi connectivity index (χ0) is 15.2. The van der Waals surface area contributed by atoms with E-state index in [0.717, 1.165) is 11.1 Å². The summed E-state index contributed by atoms with van der Waals surface area (Å²) in [6.07, 6.45) is 1.85. The third kappa shape index (κ3) is 4.43. The lowest BCUT2D eigenvalue weighted by Crippen LogP contribution is -2.19. The molecule has 2 rings (SSSR count). The summed E-state index contributed by atoms with van der Waals surface area (Å²) < 4.78 is 0.